The third kappa shape index (κ3) is 62.0. The van der Waals surface area contributed by atoms with Crippen LogP contribution in [0.2, 0.25) is 0 Å². The average molecular weight is 264 g/mol. The number of hydrogen-bond donors (Lipinski definition) is 6. The smallest absolute Gasteiger partial charge is 0.450 e. The maximum Gasteiger partial charge on any atom is 0.503 e. The lowest BCUT2D eigenvalue weighted by molar-refractivity contribution is 0.137. The van der Waals surface area contributed by atoms with Crippen molar-refractivity contribution in [2.24, 2.45) is 11.5 Å². The van der Waals surface area contributed by atoms with Crippen molar-refractivity contribution >= 4 is 6.16 Å². The van der Waals surface area contributed by atoms with E-state index < -0.39 is 6.16 Å². The zero-order chi connectivity index (χ0) is 14.6. The molecule has 0 atom stereocenters. The van der Waals surface area contributed by atoms with E-state index in [1.54, 1.807) is 0 Å². The van der Waals surface area contributed by atoms with E-state index in [9.17, 15) is 0 Å². The maximum atomic E-state index is 8.56. The van der Waals surface area contributed by atoms with Crippen LogP contribution in [-0.2, 0) is 0 Å². The first-order valence-corrected chi connectivity index (χ1v) is 5.40. The fourth-order valence-corrected chi connectivity index (χ4v) is 0.577. The molecular weight excluding hydrogens is 240 g/mol. The van der Waals surface area contributed by atoms with E-state index in [-0.39, 0.29) is 13.2 Å². The molecule has 7 nitrogen and oxygen atoms in total. The highest BCUT2D eigenvalue weighted by molar-refractivity contribution is 5.53. The van der Waals surface area contributed by atoms with Crippen molar-refractivity contribution in [1.82, 2.24) is 0 Å². The van der Waals surface area contributed by atoms with Gasteiger partial charge in [-0.05, 0) is 12.8 Å². The van der Waals surface area contributed by atoms with Crippen LogP contribution in [-0.4, -0.2) is 52.9 Å². The predicted octanol–water partition coefficient (Wildman–Crippen LogP) is -0.0102. The lowest BCUT2D eigenvalue weighted by Gasteiger charge is -1.80. The van der Waals surface area contributed by atoms with Gasteiger partial charge in [-0.3, -0.25) is 0 Å². The summed E-state index contributed by atoms with van der Waals surface area (Å²) < 4.78 is 0. The van der Waals surface area contributed by atoms with E-state index in [1.807, 2.05) is 24.3 Å². The summed E-state index contributed by atoms with van der Waals surface area (Å²) in [5.41, 5.74) is 10.2. The van der Waals surface area contributed by atoms with E-state index in [4.69, 9.17) is 36.7 Å². The molecule has 0 bridgehead atoms. The second-order valence-corrected chi connectivity index (χ2v) is 2.72. The Morgan fingerprint density at radius 3 is 1.28 bits per heavy atom. The molecule has 0 saturated heterocycles. The molecule has 0 unspecified atom stereocenters. The van der Waals surface area contributed by atoms with E-state index in [2.05, 4.69) is 0 Å². The first kappa shape index (κ1) is 21.8. The molecule has 0 aliphatic rings. The van der Waals surface area contributed by atoms with Gasteiger partial charge in [0, 0.05) is 26.3 Å². The Hall–Kier alpha value is -1.41. The fraction of sp³-hybridized carbons (Fsp3) is 0.545. The molecule has 0 aliphatic carbocycles. The second kappa shape index (κ2) is 24.7. The van der Waals surface area contributed by atoms with Crippen molar-refractivity contribution in [3.8, 4) is 0 Å². The molecule has 0 amide bonds. The number of rotatable bonds is 6. The summed E-state index contributed by atoms with van der Waals surface area (Å²) in [4.78, 5) is 8.56. The van der Waals surface area contributed by atoms with Gasteiger partial charge in [0.2, 0.25) is 0 Å². The third-order valence-electron chi connectivity index (χ3n) is 1.20. The molecule has 0 aromatic rings. The predicted molar refractivity (Wildman–Crippen MR) is 70.4 cm³/mol. The molecule has 0 spiro atoms. The minimum Gasteiger partial charge on any atom is -0.450 e. The van der Waals surface area contributed by atoms with E-state index >= 15 is 0 Å². The van der Waals surface area contributed by atoms with Gasteiger partial charge in [-0.1, -0.05) is 24.3 Å². The monoisotopic (exact) mass is 264 g/mol. The molecule has 8 N–H and O–H groups in total. The van der Waals surface area contributed by atoms with Crippen LogP contribution in [0.3, 0.4) is 0 Å². The Morgan fingerprint density at radius 1 is 0.833 bits per heavy atom. The van der Waals surface area contributed by atoms with Gasteiger partial charge in [-0.15, -0.1) is 0 Å². The van der Waals surface area contributed by atoms with E-state index in [0.717, 1.165) is 12.8 Å². The first-order valence-electron chi connectivity index (χ1n) is 5.40. The lowest BCUT2D eigenvalue weighted by atomic mass is 10.4. The summed E-state index contributed by atoms with van der Waals surface area (Å²) >= 11 is 0. The van der Waals surface area contributed by atoms with E-state index in [0.29, 0.717) is 13.1 Å². The molecular formula is C11H24N2O5. The van der Waals surface area contributed by atoms with Crippen molar-refractivity contribution < 1.29 is 25.2 Å². The molecule has 108 valence electrons. The zero-order valence-corrected chi connectivity index (χ0v) is 10.4. The number of nitrogens with two attached hydrogens (primary N) is 2. The van der Waals surface area contributed by atoms with Gasteiger partial charge >= 0.3 is 6.16 Å². The van der Waals surface area contributed by atoms with Gasteiger partial charge < -0.3 is 31.9 Å². The Balaban J connectivity index is -0.000000196. The van der Waals surface area contributed by atoms with Gasteiger partial charge in [-0.2, -0.15) is 0 Å². The van der Waals surface area contributed by atoms with Crippen molar-refractivity contribution in [1.29, 1.82) is 0 Å². The largest absolute Gasteiger partial charge is 0.503 e. The topological polar surface area (TPSA) is 150 Å². The van der Waals surface area contributed by atoms with Gasteiger partial charge in [0.15, 0.2) is 0 Å². The molecule has 7 heteroatoms. The number of carboxylic acid groups (broad SMARTS) is 2. The average Bonchev–Trinajstić information content (AvgIpc) is 2.31. The standard InChI is InChI=1S/2C5H11NO.CH2O3/c2*6-4-2-1-3-5-7;2-1(3)4/h2*1-2,7H,3-6H2;(H2,2,3,4). The molecule has 0 aliphatic heterocycles. The van der Waals surface area contributed by atoms with Crippen LogP contribution in [0.25, 0.3) is 0 Å². The maximum absolute atomic E-state index is 8.56. The number of aliphatic hydroxyl groups excluding tert-OH is 2. The highest BCUT2D eigenvalue weighted by Crippen LogP contribution is 1.76. The number of carbonyl (C=O) groups is 1. The van der Waals surface area contributed by atoms with Crippen molar-refractivity contribution in [3.05, 3.63) is 24.3 Å². The summed E-state index contributed by atoms with van der Waals surface area (Å²) in [5, 5.41) is 30.3. The van der Waals surface area contributed by atoms with Crippen LogP contribution >= 0.6 is 0 Å². The summed E-state index contributed by atoms with van der Waals surface area (Å²) in [6, 6.07) is 0. The van der Waals surface area contributed by atoms with Crippen LogP contribution in [0.5, 0.6) is 0 Å². The normalized spacial score (nSPS) is 9.56. The molecule has 0 heterocycles. The molecule has 0 saturated carbocycles. The van der Waals surface area contributed by atoms with Crippen molar-refractivity contribution in [2.75, 3.05) is 26.3 Å². The van der Waals surface area contributed by atoms with Gasteiger partial charge in [0.05, 0.1) is 0 Å². The van der Waals surface area contributed by atoms with Crippen LogP contribution in [0.1, 0.15) is 12.8 Å². The van der Waals surface area contributed by atoms with Crippen molar-refractivity contribution in [3.63, 3.8) is 0 Å². The van der Waals surface area contributed by atoms with Crippen LogP contribution in [0.4, 0.5) is 4.79 Å². The van der Waals surface area contributed by atoms with Crippen LogP contribution in [0, 0.1) is 0 Å². The summed E-state index contributed by atoms with van der Waals surface area (Å²) in [5.74, 6) is 0. The Morgan fingerprint density at radius 2 is 1.11 bits per heavy atom. The summed E-state index contributed by atoms with van der Waals surface area (Å²) in [6.07, 6.45) is 6.99. The van der Waals surface area contributed by atoms with Crippen molar-refractivity contribution in [2.45, 2.75) is 12.8 Å². The number of aliphatic hydroxyl groups is 2. The van der Waals surface area contributed by atoms with Gasteiger partial charge in [0.1, 0.15) is 0 Å². The molecule has 0 aromatic heterocycles. The number of hydrogen-bond acceptors (Lipinski definition) is 5. The van der Waals surface area contributed by atoms with Crippen LogP contribution in [0.15, 0.2) is 24.3 Å². The summed E-state index contributed by atoms with van der Waals surface area (Å²) in [7, 11) is 0. The Bertz CT molecular complexity index is 188. The van der Waals surface area contributed by atoms with Gasteiger partial charge in [-0.25, -0.2) is 4.79 Å². The van der Waals surface area contributed by atoms with E-state index in [1.165, 1.54) is 0 Å². The van der Waals surface area contributed by atoms with Crippen LogP contribution < -0.4 is 11.5 Å². The Kier molecular flexibility index (Phi) is 30.0. The highest BCUT2D eigenvalue weighted by atomic mass is 16.6. The zero-order valence-electron chi connectivity index (χ0n) is 10.4. The Labute approximate surface area is 107 Å². The summed E-state index contributed by atoms with van der Waals surface area (Å²) in [6.45, 7) is 1.58. The van der Waals surface area contributed by atoms with Gasteiger partial charge in [0.25, 0.3) is 0 Å². The quantitative estimate of drug-likeness (QED) is 0.369. The fourth-order valence-electron chi connectivity index (χ4n) is 0.577. The SMILES string of the molecule is NCC=CCCO.NCC=CCCO.O=C(O)O. The minimum atomic E-state index is -1.83. The second-order valence-electron chi connectivity index (χ2n) is 2.72. The molecule has 0 radical (unpaired) electrons. The molecule has 18 heavy (non-hydrogen) atoms. The third-order valence-corrected chi connectivity index (χ3v) is 1.20. The highest BCUT2D eigenvalue weighted by Gasteiger charge is 1.70. The minimum absolute atomic E-state index is 0.219. The molecule has 0 rings (SSSR count). The first-order chi connectivity index (χ1) is 8.56. The lowest BCUT2D eigenvalue weighted by Crippen LogP contribution is -1.92. The molecule has 0 fully saturated rings. The molecule has 0 aromatic carbocycles.